The predicted molar refractivity (Wildman–Crippen MR) is 81.1 cm³/mol. The van der Waals surface area contributed by atoms with Gasteiger partial charge >= 0.3 is 0 Å². The van der Waals surface area contributed by atoms with Crippen molar-refractivity contribution in [1.29, 1.82) is 5.41 Å². The predicted octanol–water partition coefficient (Wildman–Crippen LogP) is 3.93. The molecule has 0 spiro atoms. The van der Waals surface area contributed by atoms with E-state index in [1.54, 1.807) is 6.08 Å². The van der Waals surface area contributed by atoms with Crippen LogP contribution in [0.1, 0.15) is 5.56 Å². The lowest BCUT2D eigenvalue weighted by Crippen LogP contribution is -2.09. The molecule has 3 rings (SSSR count). The van der Waals surface area contributed by atoms with Crippen LogP contribution in [0.5, 0.6) is 0 Å². The average molecular weight is 246 g/mol. The van der Waals surface area contributed by atoms with Crippen LogP contribution in [0.25, 0.3) is 10.8 Å². The molecule has 0 saturated heterocycles. The van der Waals surface area contributed by atoms with Gasteiger partial charge in [0.2, 0.25) is 0 Å². The summed E-state index contributed by atoms with van der Waals surface area (Å²) in [5, 5.41) is 10.2. The van der Waals surface area contributed by atoms with Crippen LogP contribution < -0.4 is 0 Å². The number of aliphatic imine (C=N–C) groups is 1. The van der Waals surface area contributed by atoms with Gasteiger partial charge in [0.15, 0.2) is 0 Å². The number of nitrogens with zero attached hydrogens (tertiary/aromatic N) is 1. The highest BCUT2D eigenvalue weighted by atomic mass is 14.7. The molecule has 1 aliphatic carbocycles. The summed E-state index contributed by atoms with van der Waals surface area (Å²) in [5.74, 6) is 0. The molecule has 0 aromatic heterocycles. The van der Waals surface area contributed by atoms with E-state index in [4.69, 9.17) is 5.41 Å². The summed E-state index contributed by atoms with van der Waals surface area (Å²) in [5.41, 5.74) is 2.39. The molecule has 2 aromatic rings. The summed E-state index contributed by atoms with van der Waals surface area (Å²) in [6.45, 7) is 0.612. The van der Waals surface area contributed by atoms with Gasteiger partial charge in [0, 0.05) is 0 Å². The van der Waals surface area contributed by atoms with Crippen LogP contribution in [0.2, 0.25) is 0 Å². The zero-order chi connectivity index (χ0) is 13.1. The van der Waals surface area contributed by atoms with Gasteiger partial charge in [-0.1, -0.05) is 48.6 Å². The second kappa shape index (κ2) is 5.02. The fourth-order valence-electron chi connectivity index (χ4n) is 2.13. The molecule has 0 unspecified atom stereocenters. The van der Waals surface area contributed by atoms with Crippen LogP contribution in [0.4, 0.5) is 0 Å². The smallest absolute Gasteiger partial charge is 0.0827 e. The Morgan fingerprint density at radius 3 is 2.53 bits per heavy atom. The van der Waals surface area contributed by atoms with Crippen LogP contribution in [-0.2, 0) is 6.54 Å². The fraction of sp³-hybridized carbons (Fsp3) is 0.0588. The average Bonchev–Trinajstić information content (AvgIpc) is 2.46. The Kier molecular flexibility index (Phi) is 3.07. The third kappa shape index (κ3) is 2.52. The van der Waals surface area contributed by atoms with E-state index in [0.717, 1.165) is 5.71 Å². The Morgan fingerprint density at radius 2 is 1.68 bits per heavy atom. The molecule has 0 radical (unpaired) electrons. The zero-order valence-corrected chi connectivity index (χ0v) is 10.5. The molecule has 2 heteroatoms. The Bertz CT molecular complexity index is 721. The molecule has 2 nitrogen and oxygen atoms in total. The SMILES string of the molecule is N=C1C=CC=CC1=NCc1ccc2ccccc2c1. The maximum Gasteiger partial charge on any atom is 0.0827 e. The molecule has 19 heavy (non-hydrogen) atoms. The van der Waals surface area contributed by atoms with E-state index in [1.165, 1.54) is 16.3 Å². The Labute approximate surface area is 112 Å². The minimum atomic E-state index is 0.475. The quantitative estimate of drug-likeness (QED) is 0.780. The van der Waals surface area contributed by atoms with Gasteiger partial charge in [0.25, 0.3) is 0 Å². The van der Waals surface area contributed by atoms with Gasteiger partial charge in [-0.2, -0.15) is 0 Å². The van der Waals surface area contributed by atoms with E-state index in [-0.39, 0.29) is 0 Å². The molecule has 0 fully saturated rings. The zero-order valence-electron chi connectivity index (χ0n) is 10.5. The summed E-state index contributed by atoms with van der Waals surface area (Å²) in [6.07, 6.45) is 7.41. The van der Waals surface area contributed by atoms with Crippen molar-refractivity contribution in [2.24, 2.45) is 4.99 Å². The maximum atomic E-state index is 7.77. The van der Waals surface area contributed by atoms with Gasteiger partial charge in [-0.25, -0.2) is 0 Å². The lowest BCUT2D eigenvalue weighted by atomic mass is 10.1. The number of allylic oxidation sites excluding steroid dienone is 4. The molecule has 2 aromatic carbocycles. The van der Waals surface area contributed by atoms with Gasteiger partial charge in [-0.05, 0) is 34.6 Å². The highest BCUT2D eigenvalue weighted by Gasteiger charge is 2.03. The fourth-order valence-corrected chi connectivity index (χ4v) is 2.13. The van der Waals surface area contributed by atoms with E-state index < -0.39 is 0 Å². The summed E-state index contributed by atoms with van der Waals surface area (Å²) in [4.78, 5) is 4.50. The van der Waals surface area contributed by atoms with Crippen molar-refractivity contribution in [2.45, 2.75) is 6.54 Å². The summed E-state index contributed by atoms with van der Waals surface area (Å²) >= 11 is 0. The molecule has 0 aliphatic heterocycles. The van der Waals surface area contributed by atoms with Crippen LogP contribution in [0.3, 0.4) is 0 Å². The molecule has 0 atom stereocenters. The first-order valence-electron chi connectivity index (χ1n) is 6.29. The van der Waals surface area contributed by atoms with Crippen molar-refractivity contribution in [2.75, 3.05) is 0 Å². The standard InChI is InChI=1S/C17H14N2/c18-16-7-3-4-8-17(16)19-12-13-9-10-14-5-1-2-6-15(14)11-13/h1-11,18H,12H2. The minimum absolute atomic E-state index is 0.475. The number of nitrogens with one attached hydrogen (secondary N) is 1. The summed E-state index contributed by atoms with van der Waals surface area (Å²) < 4.78 is 0. The Hall–Kier alpha value is -2.48. The first kappa shape index (κ1) is 11.6. The highest BCUT2D eigenvalue weighted by Crippen LogP contribution is 2.16. The van der Waals surface area contributed by atoms with Gasteiger partial charge < -0.3 is 0 Å². The second-order valence-corrected chi connectivity index (χ2v) is 4.51. The Morgan fingerprint density at radius 1 is 0.895 bits per heavy atom. The van der Waals surface area contributed by atoms with Gasteiger partial charge in [0.1, 0.15) is 0 Å². The lowest BCUT2D eigenvalue weighted by Gasteiger charge is -2.04. The van der Waals surface area contributed by atoms with Crippen LogP contribution >= 0.6 is 0 Å². The number of hydrogen-bond donors (Lipinski definition) is 1. The van der Waals surface area contributed by atoms with Crippen molar-refractivity contribution in [3.8, 4) is 0 Å². The van der Waals surface area contributed by atoms with E-state index in [0.29, 0.717) is 12.3 Å². The number of fused-ring (bicyclic) bond motifs is 1. The second-order valence-electron chi connectivity index (χ2n) is 4.51. The van der Waals surface area contributed by atoms with Crippen LogP contribution in [-0.4, -0.2) is 11.4 Å². The number of benzene rings is 2. The van der Waals surface area contributed by atoms with Crippen LogP contribution in [0, 0.1) is 5.41 Å². The molecule has 1 aliphatic rings. The molecule has 0 amide bonds. The highest BCUT2D eigenvalue weighted by molar-refractivity contribution is 6.49. The minimum Gasteiger partial charge on any atom is -0.299 e. The van der Waals surface area contributed by atoms with Gasteiger partial charge in [-0.3, -0.25) is 10.4 Å². The monoisotopic (exact) mass is 246 g/mol. The molecule has 0 bridgehead atoms. The van der Waals surface area contributed by atoms with E-state index in [2.05, 4.69) is 35.3 Å². The number of rotatable bonds is 2. The van der Waals surface area contributed by atoms with Crippen molar-refractivity contribution >= 4 is 22.2 Å². The van der Waals surface area contributed by atoms with E-state index in [1.807, 2.05) is 30.4 Å². The molecule has 0 saturated carbocycles. The molecule has 1 N–H and O–H groups in total. The van der Waals surface area contributed by atoms with Gasteiger partial charge in [-0.15, -0.1) is 0 Å². The first-order valence-corrected chi connectivity index (χ1v) is 6.29. The molecular formula is C17H14N2. The topological polar surface area (TPSA) is 36.2 Å². The summed E-state index contributed by atoms with van der Waals surface area (Å²) in [6, 6.07) is 14.7. The van der Waals surface area contributed by atoms with Crippen LogP contribution in [0.15, 0.2) is 71.8 Å². The summed E-state index contributed by atoms with van der Waals surface area (Å²) in [7, 11) is 0. The van der Waals surface area contributed by atoms with Crippen molar-refractivity contribution < 1.29 is 0 Å². The molecule has 92 valence electrons. The van der Waals surface area contributed by atoms with Crippen molar-refractivity contribution in [3.63, 3.8) is 0 Å². The van der Waals surface area contributed by atoms with Gasteiger partial charge in [0.05, 0.1) is 18.0 Å². The van der Waals surface area contributed by atoms with E-state index in [9.17, 15) is 0 Å². The number of hydrogen-bond acceptors (Lipinski definition) is 2. The maximum absolute atomic E-state index is 7.77. The largest absolute Gasteiger partial charge is 0.299 e. The van der Waals surface area contributed by atoms with E-state index >= 15 is 0 Å². The Balaban J connectivity index is 1.86. The molecule has 0 heterocycles. The normalized spacial score (nSPS) is 16.4. The van der Waals surface area contributed by atoms with Crippen molar-refractivity contribution in [1.82, 2.24) is 0 Å². The first-order chi connectivity index (χ1) is 9.33. The third-order valence-electron chi connectivity index (χ3n) is 3.15. The molecular weight excluding hydrogens is 232 g/mol. The van der Waals surface area contributed by atoms with Crippen molar-refractivity contribution in [3.05, 3.63) is 72.3 Å². The lowest BCUT2D eigenvalue weighted by molar-refractivity contribution is 1.08. The third-order valence-corrected chi connectivity index (χ3v) is 3.15.